The lowest BCUT2D eigenvalue weighted by Gasteiger charge is -2.12. The minimum atomic E-state index is -0.290. The van der Waals surface area contributed by atoms with Crippen LogP contribution in [0.25, 0.3) is 0 Å². The van der Waals surface area contributed by atoms with Gasteiger partial charge in [0.25, 0.3) is 0 Å². The SMILES string of the molecule is C=CC(=C)CCC(OO)C(=C)C. The number of hydrogen-bond acceptors (Lipinski definition) is 2. The summed E-state index contributed by atoms with van der Waals surface area (Å²) in [7, 11) is 0. The van der Waals surface area contributed by atoms with Gasteiger partial charge in [0.1, 0.15) is 6.10 Å². The first-order valence-corrected chi connectivity index (χ1v) is 3.87. The molecule has 1 N–H and O–H groups in total. The first kappa shape index (κ1) is 11.1. The molecule has 0 rings (SSSR count). The van der Waals surface area contributed by atoms with Crippen molar-refractivity contribution in [2.45, 2.75) is 25.9 Å². The molecule has 0 aromatic heterocycles. The van der Waals surface area contributed by atoms with Crippen molar-refractivity contribution in [1.29, 1.82) is 0 Å². The van der Waals surface area contributed by atoms with E-state index in [0.717, 1.165) is 17.6 Å². The van der Waals surface area contributed by atoms with Gasteiger partial charge < -0.3 is 0 Å². The van der Waals surface area contributed by atoms with Gasteiger partial charge in [-0.05, 0) is 25.3 Å². The van der Waals surface area contributed by atoms with Crippen molar-refractivity contribution in [2.75, 3.05) is 0 Å². The molecule has 0 amide bonds. The van der Waals surface area contributed by atoms with E-state index in [1.807, 2.05) is 6.92 Å². The number of hydrogen-bond donors (Lipinski definition) is 1. The maximum Gasteiger partial charge on any atom is 0.113 e. The van der Waals surface area contributed by atoms with Crippen LogP contribution in [0.2, 0.25) is 0 Å². The minimum absolute atomic E-state index is 0.290. The lowest BCUT2D eigenvalue weighted by atomic mass is 10.0. The third-order valence-corrected chi connectivity index (χ3v) is 1.69. The van der Waals surface area contributed by atoms with Gasteiger partial charge in [0, 0.05) is 0 Å². The van der Waals surface area contributed by atoms with Crippen LogP contribution in [-0.2, 0) is 4.89 Å². The topological polar surface area (TPSA) is 29.5 Å². The Morgan fingerprint density at radius 1 is 1.58 bits per heavy atom. The zero-order chi connectivity index (χ0) is 9.56. The molecule has 0 fully saturated rings. The second-order valence-electron chi connectivity index (χ2n) is 2.84. The molecular weight excluding hydrogens is 152 g/mol. The van der Waals surface area contributed by atoms with Crippen LogP contribution < -0.4 is 0 Å². The number of allylic oxidation sites excluding steroid dienone is 2. The Morgan fingerprint density at radius 3 is 2.50 bits per heavy atom. The molecular formula is C10H16O2. The van der Waals surface area contributed by atoms with Crippen molar-refractivity contribution in [1.82, 2.24) is 0 Å². The predicted molar refractivity (Wildman–Crippen MR) is 50.9 cm³/mol. The summed E-state index contributed by atoms with van der Waals surface area (Å²) >= 11 is 0. The quantitative estimate of drug-likeness (QED) is 0.286. The largest absolute Gasteiger partial charge is 0.251 e. The highest BCUT2D eigenvalue weighted by atomic mass is 17.1. The first-order chi connectivity index (χ1) is 5.61. The molecule has 0 aliphatic heterocycles. The second kappa shape index (κ2) is 5.75. The van der Waals surface area contributed by atoms with Gasteiger partial charge in [-0.3, -0.25) is 5.26 Å². The molecule has 0 aromatic rings. The molecule has 0 aromatic carbocycles. The van der Waals surface area contributed by atoms with Crippen LogP contribution in [0.15, 0.2) is 37.0 Å². The van der Waals surface area contributed by atoms with Gasteiger partial charge in [-0.25, -0.2) is 4.89 Å². The Hall–Kier alpha value is -0.860. The smallest absolute Gasteiger partial charge is 0.113 e. The van der Waals surface area contributed by atoms with Crippen LogP contribution in [-0.4, -0.2) is 11.4 Å². The molecule has 68 valence electrons. The summed E-state index contributed by atoms with van der Waals surface area (Å²) in [6.45, 7) is 12.8. The molecule has 1 unspecified atom stereocenters. The van der Waals surface area contributed by atoms with E-state index in [0.29, 0.717) is 6.42 Å². The van der Waals surface area contributed by atoms with E-state index in [4.69, 9.17) is 5.26 Å². The Bertz CT molecular complexity index is 182. The fourth-order valence-electron chi connectivity index (χ4n) is 0.808. The molecule has 2 nitrogen and oxygen atoms in total. The Balaban J connectivity index is 3.80. The van der Waals surface area contributed by atoms with E-state index in [1.165, 1.54) is 0 Å². The van der Waals surface area contributed by atoms with Crippen molar-refractivity contribution in [2.24, 2.45) is 0 Å². The minimum Gasteiger partial charge on any atom is -0.251 e. The molecule has 1 atom stereocenters. The summed E-state index contributed by atoms with van der Waals surface area (Å²) in [6.07, 6.45) is 2.87. The van der Waals surface area contributed by atoms with Crippen LogP contribution >= 0.6 is 0 Å². The molecule has 0 spiro atoms. The summed E-state index contributed by atoms with van der Waals surface area (Å²) in [5.74, 6) is 0. The van der Waals surface area contributed by atoms with Crippen molar-refractivity contribution in [3.05, 3.63) is 37.0 Å². The van der Waals surface area contributed by atoms with Crippen molar-refractivity contribution in [3.8, 4) is 0 Å². The summed E-state index contributed by atoms with van der Waals surface area (Å²) in [4.78, 5) is 4.23. The molecule has 0 heterocycles. The van der Waals surface area contributed by atoms with Crippen molar-refractivity contribution in [3.63, 3.8) is 0 Å². The van der Waals surface area contributed by atoms with Crippen molar-refractivity contribution >= 4 is 0 Å². The maximum atomic E-state index is 8.47. The fraction of sp³-hybridized carbons (Fsp3) is 0.400. The molecule has 0 saturated carbocycles. The van der Waals surface area contributed by atoms with Crippen LogP contribution in [0, 0.1) is 0 Å². The van der Waals surface area contributed by atoms with E-state index in [9.17, 15) is 0 Å². The second-order valence-corrected chi connectivity index (χ2v) is 2.84. The average Bonchev–Trinajstić information content (AvgIpc) is 2.04. The zero-order valence-electron chi connectivity index (χ0n) is 7.55. The van der Waals surface area contributed by atoms with Gasteiger partial charge >= 0.3 is 0 Å². The van der Waals surface area contributed by atoms with Gasteiger partial charge in [0.15, 0.2) is 0 Å². The highest BCUT2D eigenvalue weighted by molar-refractivity contribution is 5.11. The molecule has 0 aliphatic rings. The Morgan fingerprint density at radius 2 is 2.17 bits per heavy atom. The van der Waals surface area contributed by atoms with Crippen molar-refractivity contribution < 1.29 is 10.1 Å². The third kappa shape index (κ3) is 4.11. The lowest BCUT2D eigenvalue weighted by Crippen LogP contribution is -2.11. The van der Waals surface area contributed by atoms with E-state index < -0.39 is 0 Å². The van der Waals surface area contributed by atoms with Crippen LogP contribution in [0.4, 0.5) is 0 Å². The van der Waals surface area contributed by atoms with Crippen LogP contribution in [0.5, 0.6) is 0 Å². The van der Waals surface area contributed by atoms with Crippen LogP contribution in [0.1, 0.15) is 19.8 Å². The molecule has 0 radical (unpaired) electrons. The Labute approximate surface area is 73.8 Å². The molecule has 0 bridgehead atoms. The fourth-order valence-corrected chi connectivity index (χ4v) is 0.808. The molecule has 2 heteroatoms. The molecule has 0 saturated heterocycles. The predicted octanol–water partition coefficient (Wildman–Crippen LogP) is 2.94. The Kier molecular flexibility index (Phi) is 5.34. The normalized spacial score (nSPS) is 12.2. The zero-order valence-corrected chi connectivity index (χ0v) is 7.55. The van der Waals surface area contributed by atoms with E-state index in [-0.39, 0.29) is 6.10 Å². The van der Waals surface area contributed by atoms with Gasteiger partial charge in [0.2, 0.25) is 0 Å². The lowest BCUT2D eigenvalue weighted by molar-refractivity contribution is -0.269. The van der Waals surface area contributed by atoms with Crippen LogP contribution in [0.3, 0.4) is 0 Å². The summed E-state index contributed by atoms with van der Waals surface area (Å²) in [6, 6.07) is 0. The first-order valence-electron chi connectivity index (χ1n) is 3.87. The molecule has 0 aliphatic carbocycles. The molecule has 12 heavy (non-hydrogen) atoms. The summed E-state index contributed by atoms with van der Waals surface area (Å²) in [5, 5.41) is 8.47. The highest BCUT2D eigenvalue weighted by Gasteiger charge is 2.08. The number of rotatable bonds is 6. The van der Waals surface area contributed by atoms with Gasteiger partial charge in [-0.2, -0.15) is 0 Å². The monoisotopic (exact) mass is 168 g/mol. The highest BCUT2D eigenvalue weighted by Crippen LogP contribution is 2.13. The van der Waals surface area contributed by atoms with Gasteiger partial charge in [-0.1, -0.05) is 31.4 Å². The van der Waals surface area contributed by atoms with E-state index in [1.54, 1.807) is 6.08 Å². The van der Waals surface area contributed by atoms with Gasteiger partial charge in [0.05, 0.1) is 0 Å². The standard InChI is InChI=1S/C10H16O2/c1-5-9(4)6-7-10(12-11)8(2)3/h5,10-11H,1-2,4,6-7H2,3H3. The van der Waals surface area contributed by atoms with E-state index in [2.05, 4.69) is 24.6 Å². The summed E-state index contributed by atoms with van der Waals surface area (Å²) < 4.78 is 0. The van der Waals surface area contributed by atoms with E-state index >= 15 is 0 Å². The van der Waals surface area contributed by atoms with Gasteiger partial charge in [-0.15, -0.1) is 0 Å². The average molecular weight is 168 g/mol. The maximum absolute atomic E-state index is 8.47. The summed E-state index contributed by atoms with van der Waals surface area (Å²) in [5.41, 5.74) is 1.76. The third-order valence-electron chi connectivity index (χ3n) is 1.69.